The Morgan fingerprint density at radius 2 is 1.86 bits per heavy atom. The molecule has 5 nitrogen and oxygen atoms in total. The van der Waals surface area contributed by atoms with E-state index in [0.29, 0.717) is 36.1 Å². The number of nitrogens with zero attached hydrogens (tertiary/aromatic N) is 1. The molecule has 106 valence electrons. The molecular weight excluding hydrogens is 273 g/mol. The van der Waals surface area contributed by atoms with Crippen LogP contribution in [0.25, 0.3) is 22.4 Å². The number of anilines is 1. The number of nitrogens with one attached hydrogen (secondary N) is 1. The SMILES string of the molecule is Nc1ccc(-c2nc3cc4c(cc3[nH]2)OCCO4)cc1F. The molecule has 0 unspecified atom stereocenters. The van der Waals surface area contributed by atoms with Crippen LogP contribution in [0.1, 0.15) is 0 Å². The third-order valence-corrected chi connectivity index (χ3v) is 3.42. The number of fused-ring (bicyclic) bond motifs is 2. The number of H-pyrrole nitrogens is 1. The Bertz CT molecular complexity index is 801. The number of nitrogens with two attached hydrogens (primary N) is 1. The van der Waals surface area contributed by atoms with Crippen LogP contribution in [-0.2, 0) is 0 Å². The molecule has 3 aromatic rings. The lowest BCUT2D eigenvalue weighted by atomic mass is 10.2. The molecule has 1 aromatic heterocycles. The number of halogens is 1. The Labute approximate surface area is 119 Å². The van der Waals surface area contributed by atoms with Gasteiger partial charge >= 0.3 is 0 Å². The number of aromatic amines is 1. The van der Waals surface area contributed by atoms with Crippen LogP contribution in [0.4, 0.5) is 10.1 Å². The highest BCUT2D eigenvalue weighted by molar-refractivity contribution is 5.83. The van der Waals surface area contributed by atoms with Gasteiger partial charge in [0.25, 0.3) is 0 Å². The Hall–Kier alpha value is -2.76. The van der Waals surface area contributed by atoms with E-state index in [0.717, 1.165) is 11.0 Å². The number of rotatable bonds is 1. The highest BCUT2D eigenvalue weighted by Crippen LogP contribution is 2.34. The van der Waals surface area contributed by atoms with Crippen molar-refractivity contribution in [3.63, 3.8) is 0 Å². The standard InChI is InChI=1S/C15H12FN3O2/c16-9-5-8(1-2-10(9)17)15-18-11-6-13-14(7-12(11)19-15)21-4-3-20-13/h1-2,5-7H,3-4,17H2,(H,18,19). The van der Waals surface area contributed by atoms with E-state index in [1.807, 2.05) is 12.1 Å². The van der Waals surface area contributed by atoms with Gasteiger partial charge in [-0.1, -0.05) is 0 Å². The van der Waals surface area contributed by atoms with Gasteiger partial charge in [0.2, 0.25) is 0 Å². The van der Waals surface area contributed by atoms with Crippen LogP contribution >= 0.6 is 0 Å². The molecule has 1 aliphatic rings. The fourth-order valence-electron chi connectivity index (χ4n) is 2.36. The number of ether oxygens (including phenoxy) is 2. The summed E-state index contributed by atoms with van der Waals surface area (Å²) < 4.78 is 24.6. The van der Waals surface area contributed by atoms with Crippen molar-refractivity contribution in [3.05, 3.63) is 36.1 Å². The van der Waals surface area contributed by atoms with E-state index >= 15 is 0 Å². The van der Waals surface area contributed by atoms with E-state index in [-0.39, 0.29) is 5.69 Å². The first-order valence-corrected chi connectivity index (χ1v) is 6.55. The molecule has 3 N–H and O–H groups in total. The van der Waals surface area contributed by atoms with Gasteiger partial charge in [-0.05, 0) is 18.2 Å². The minimum absolute atomic E-state index is 0.118. The second-order valence-corrected chi connectivity index (χ2v) is 4.83. The van der Waals surface area contributed by atoms with Crippen molar-refractivity contribution in [1.82, 2.24) is 9.97 Å². The summed E-state index contributed by atoms with van der Waals surface area (Å²) in [7, 11) is 0. The lowest BCUT2D eigenvalue weighted by Crippen LogP contribution is -2.15. The largest absolute Gasteiger partial charge is 0.486 e. The highest BCUT2D eigenvalue weighted by atomic mass is 19.1. The molecule has 0 spiro atoms. The van der Waals surface area contributed by atoms with E-state index in [9.17, 15) is 4.39 Å². The fraction of sp³-hybridized carbons (Fsp3) is 0.133. The Kier molecular flexibility index (Phi) is 2.50. The third kappa shape index (κ3) is 1.96. The number of hydrogen-bond acceptors (Lipinski definition) is 4. The number of benzene rings is 2. The monoisotopic (exact) mass is 285 g/mol. The van der Waals surface area contributed by atoms with Crippen LogP contribution in [0.15, 0.2) is 30.3 Å². The summed E-state index contributed by atoms with van der Waals surface area (Å²) in [5.41, 5.74) is 7.79. The van der Waals surface area contributed by atoms with Crippen LogP contribution in [0, 0.1) is 5.82 Å². The van der Waals surface area contributed by atoms with Crippen molar-refractivity contribution in [2.75, 3.05) is 18.9 Å². The minimum atomic E-state index is -0.459. The fourth-order valence-corrected chi connectivity index (χ4v) is 2.36. The Balaban J connectivity index is 1.84. The van der Waals surface area contributed by atoms with E-state index in [2.05, 4.69) is 9.97 Å². The molecule has 0 fully saturated rings. The molecule has 4 rings (SSSR count). The zero-order valence-corrected chi connectivity index (χ0v) is 11.0. The number of imidazole rings is 1. The maximum Gasteiger partial charge on any atom is 0.163 e. The molecule has 0 atom stereocenters. The zero-order valence-electron chi connectivity index (χ0n) is 11.0. The van der Waals surface area contributed by atoms with Crippen molar-refractivity contribution in [2.24, 2.45) is 0 Å². The number of hydrogen-bond donors (Lipinski definition) is 2. The van der Waals surface area contributed by atoms with Crippen LogP contribution in [0.3, 0.4) is 0 Å². The van der Waals surface area contributed by atoms with Crippen molar-refractivity contribution in [1.29, 1.82) is 0 Å². The second-order valence-electron chi connectivity index (χ2n) is 4.83. The van der Waals surface area contributed by atoms with Gasteiger partial charge in [-0.2, -0.15) is 0 Å². The molecule has 2 aromatic carbocycles. The summed E-state index contributed by atoms with van der Waals surface area (Å²) in [6, 6.07) is 8.27. The number of nitrogen functional groups attached to an aromatic ring is 1. The predicted octanol–water partition coefficient (Wildman–Crippen LogP) is 2.72. The second kappa shape index (κ2) is 4.37. The molecule has 1 aliphatic heterocycles. The molecule has 0 saturated carbocycles. The first-order valence-electron chi connectivity index (χ1n) is 6.55. The molecule has 2 heterocycles. The molecule has 0 radical (unpaired) electrons. The van der Waals surface area contributed by atoms with Gasteiger partial charge in [0.1, 0.15) is 24.9 Å². The van der Waals surface area contributed by atoms with Gasteiger partial charge in [0, 0.05) is 17.7 Å². The average molecular weight is 285 g/mol. The third-order valence-electron chi connectivity index (χ3n) is 3.42. The van der Waals surface area contributed by atoms with Gasteiger partial charge in [-0.25, -0.2) is 9.37 Å². The van der Waals surface area contributed by atoms with E-state index in [1.165, 1.54) is 12.1 Å². The first kappa shape index (κ1) is 12.0. The van der Waals surface area contributed by atoms with E-state index in [1.54, 1.807) is 6.07 Å². The molecule has 21 heavy (non-hydrogen) atoms. The van der Waals surface area contributed by atoms with Crippen LogP contribution < -0.4 is 15.2 Å². The topological polar surface area (TPSA) is 73.2 Å². The van der Waals surface area contributed by atoms with E-state index < -0.39 is 5.82 Å². The van der Waals surface area contributed by atoms with Gasteiger partial charge in [0.15, 0.2) is 11.5 Å². The molecule has 0 amide bonds. The summed E-state index contributed by atoms with van der Waals surface area (Å²) in [5.74, 6) is 1.48. The Morgan fingerprint density at radius 3 is 2.62 bits per heavy atom. The minimum Gasteiger partial charge on any atom is -0.486 e. The maximum atomic E-state index is 13.6. The average Bonchev–Trinajstić information content (AvgIpc) is 2.90. The lowest BCUT2D eigenvalue weighted by molar-refractivity contribution is 0.172. The summed E-state index contributed by atoms with van der Waals surface area (Å²) in [6.07, 6.45) is 0. The normalized spacial score (nSPS) is 13.6. The molecule has 0 aliphatic carbocycles. The number of aromatic nitrogens is 2. The lowest BCUT2D eigenvalue weighted by Gasteiger charge is -2.17. The molecule has 6 heteroatoms. The molecular formula is C15H12FN3O2. The highest BCUT2D eigenvalue weighted by Gasteiger charge is 2.15. The van der Waals surface area contributed by atoms with Crippen LogP contribution in [-0.4, -0.2) is 23.2 Å². The summed E-state index contributed by atoms with van der Waals surface area (Å²) in [5, 5.41) is 0. The quantitative estimate of drug-likeness (QED) is 0.674. The predicted molar refractivity (Wildman–Crippen MR) is 76.9 cm³/mol. The van der Waals surface area contributed by atoms with Crippen molar-refractivity contribution >= 4 is 16.7 Å². The van der Waals surface area contributed by atoms with E-state index in [4.69, 9.17) is 15.2 Å². The smallest absolute Gasteiger partial charge is 0.163 e. The van der Waals surface area contributed by atoms with Crippen LogP contribution in [0.2, 0.25) is 0 Å². The van der Waals surface area contributed by atoms with Gasteiger partial charge < -0.3 is 20.2 Å². The van der Waals surface area contributed by atoms with Gasteiger partial charge in [-0.15, -0.1) is 0 Å². The van der Waals surface area contributed by atoms with Crippen molar-refractivity contribution < 1.29 is 13.9 Å². The molecule has 0 bridgehead atoms. The maximum absolute atomic E-state index is 13.6. The summed E-state index contributed by atoms with van der Waals surface area (Å²) in [6.45, 7) is 1.06. The van der Waals surface area contributed by atoms with Crippen molar-refractivity contribution in [2.45, 2.75) is 0 Å². The molecule has 0 saturated heterocycles. The van der Waals surface area contributed by atoms with Gasteiger partial charge in [-0.3, -0.25) is 0 Å². The first-order chi connectivity index (χ1) is 10.2. The Morgan fingerprint density at radius 1 is 1.10 bits per heavy atom. The van der Waals surface area contributed by atoms with Crippen LogP contribution in [0.5, 0.6) is 11.5 Å². The summed E-state index contributed by atoms with van der Waals surface area (Å²) >= 11 is 0. The van der Waals surface area contributed by atoms with Crippen molar-refractivity contribution in [3.8, 4) is 22.9 Å². The summed E-state index contributed by atoms with van der Waals surface area (Å²) in [4.78, 5) is 7.62. The zero-order chi connectivity index (χ0) is 14.4. The van der Waals surface area contributed by atoms with Gasteiger partial charge in [0.05, 0.1) is 16.7 Å².